The lowest BCUT2D eigenvalue weighted by Gasteiger charge is -2.34. The van der Waals surface area contributed by atoms with E-state index in [9.17, 15) is 5.11 Å². The minimum atomic E-state index is -0.0915. The average Bonchev–Trinajstić information content (AvgIpc) is 2.48. The van der Waals surface area contributed by atoms with Crippen LogP contribution in [0.5, 0.6) is 0 Å². The van der Waals surface area contributed by atoms with E-state index in [0.29, 0.717) is 18.0 Å². The molecular formula is C11H23NO. The van der Waals surface area contributed by atoms with Crippen LogP contribution in [0.2, 0.25) is 0 Å². The van der Waals surface area contributed by atoms with Gasteiger partial charge in [0.1, 0.15) is 0 Å². The summed E-state index contributed by atoms with van der Waals surface area (Å²) in [6.07, 6.45) is 3.24. The Labute approximate surface area is 81.9 Å². The van der Waals surface area contributed by atoms with Crippen molar-refractivity contribution in [3.63, 3.8) is 0 Å². The van der Waals surface area contributed by atoms with Gasteiger partial charge in [0.05, 0.1) is 6.10 Å². The van der Waals surface area contributed by atoms with Crippen molar-refractivity contribution in [3.8, 4) is 0 Å². The van der Waals surface area contributed by atoms with Gasteiger partial charge in [-0.15, -0.1) is 0 Å². The first-order chi connectivity index (χ1) is 6.04. The van der Waals surface area contributed by atoms with E-state index >= 15 is 0 Å². The largest absolute Gasteiger partial charge is 0.391 e. The van der Waals surface area contributed by atoms with Gasteiger partial charge in [-0.1, -0.05) is 13.8 Å². The molecule has 0 spiro atoms. The Bertz CT molecular complexity index is 158. The van der Waals surface area contributed by atoms with Crippen LogP contribution in [0.25, 0.3) is 0 Å². The Morgan fingerprint density at radius 2 is 1.85 bits per heavy atom. The van der Waals surface area contributed by atoms with E-state index in [1.54, 1.807) is 0 Å². The maximum atomic E-state index is 9.75. The summed E-state index contributed by atoms with van der Waals surface area (Å²) in [6.45, 7) is 6.72. The molecule has 0 aromatic carbocycles. The number of likely N-dealkylation sites (N-methyl/N-ethyl adjacent to an activating group) is 1. The first kappa shape index (κ1) is 11.0. The van der Waals surface area contributed by atoms with Gasteiger partial charge in [0.25, 0.3) is 0 Å². The van der Waals surface area contributed by atoms with Crippen LogP contribution in [-0.2, 0) is 0 Å². The molecule has 2 nitrogen and oxygen atoms in total. The summed E-state index contributed by atoms with van der Waals surface area (Å²) in [5.74, 6) is 0.665. The molecule has 1 aliphatic carbocycles. The molecule has 1 fully saturated rings. The summed E-state index contributed by atoms with van der Waals surface area (Å²) in [5.41, 5.74) is 0. The van der Waals surface area contributed by atoms with Crippen molar-refractivity contribution in [3.05, 3.63) is 0 Å². The minimum Gasteiger partial charge on any atom is -0.391 e. The SMILES string of the molecule is CC(C)C(C)N(C)[C@@H]1CCC[C@H]1O. The zero-order chi connectivity index (χ0) is 10.0. The Balaban J connectivity index is 2.50. The maximum absolute atomic E-state index is 9.75. The molecule has 0 aliphatic heterocycles. The Morgan fingerprint density at radius 3 is 2.23 bits per heavy atom. The monoisotopic (exact) mass is 185 g/mol. The van der Waals surface area contributed by atoms with Crippen molar-refractivity contribution in [1.82, 2.24) is 4.90 Å². The Kier molecular flexibility index (Phi) is 3.74. The predicted molar refractivity (Wildman–Crippen MR) is 55.7 cm³/mol. The van der Waals surface area contributed by atoms with Crippen LogP contribution in [0.1, 0.15) is 40.0 Å². The van der Waals surface area contributed by atoms with Crippen LogP contribution in [0.3, 0.4) is 0 Å². The minimum absolute atomic E-state index is 0.0915. The van der Waals surface area contributed by atoms with Crippen LogP contribution in [0.4, 0.5) is 0 Å². The molecule has 1 rings (SSSR count). The second kappa shape index (κ2) is 4.43. The fraction of sp³-hybridized carbons (Fsp3) is 1.00. The molecule has 1 aliphatic rings. The average molecular weight is 185 g/mol. The third kappa shape index (κ3) is 2.44. The molecule has 1 N–H and O–H groups in total. The summed E-state index contributed by atoms with van der Waals surface area (Å²) in [5, 5.41) is 9.75. The number of aliphatic hydroxyl groups excluding tert-OH is 1. The van der Waals surface area contributed by atoms with Crippen LogP contribution >= 0.6 is 0 Å². The Morgan fingerprint density at radius 1 is 1.23 bits per heavy atom. The smallest absolute Gasteiger partial charge is 0.0695 e. The highest BCUT2D eigenvalue weighted by Crippen LogP contribution is 2.26. The summed E-state index contributed by atoms with van der Waals surface area (Å²) < 4.78 is 0. The zero-order valence-electron chi connectivity index (χ0n) is 9.33. The molecular weight excluding hydrogens is 162 g/mol. The molecule has 0 bridgehead atoms. The molecule has 78 valence electrons. The molecule has 3 atom stereocenters. The van der Waals surface area contributed by atoms with E-state index in [1.807, 2.05) is 0 Å². The predicted octanol–water partition coefficient (Wildman–Crippen LogP) is 1.88. The van der Waals surface area contributed by atoms with Crippen molar-refractivity contribution in [2.24, 2.45) is 5.92 Å². The highest BCUT2D eigenvalue weighted by Gasteiger charge is 2.31. The first-order valence-corrected chi connectivity index (χ1v) is 5.44. The second-order valence-corrected chi connectivity index (χ2v) is 4.72. The van der Waals surface area contributed by atoms with E-state index in [-0.39, 0.29) is 6.10 Å². The zero-order valence-corrected chi connectivity index (χ0v) is 9.33. The van der Waals surface area contributed by atoms with Gasteiger partial charge in [-0.25, -0.2) is 0 Å². The lowest BCUT2D eigenvalue weighted by molar-refractivity contribution is 0.0534. The second-order valence-electron chi connectivity index (χ2n) is 4.72. The van der Waals surface area contributed by atoms with E-state index in [4.69, 9.17) is 0 Å². The van der Waals surface area contributed by atoms with Crippen LogP contribution < -0.4 is 0 Å². The van der Waals surface area contributed by atoms with Gasteiger partial charge in [-0.05, 0) is 39.2 Å². The van der Waals surface area contributed by atoms with E-state index in [2.05, 4.69) is 32.7 Å². The number of rotatable bonds is 3. The molecule has 0 aromatic rings. The lowest BCUT2D eigenvalue weighted by atomic mass is 10.0. The van der Waals surface area contributed by atoms with Gasteiger partial charge in [-0.3, -0.25) is 4.90 Å². The van der Waals surface area contributed by atoms with Crippen molar-refractivity contribution in [1.29, 1.82) is 0 Å². The van der Waals surface area contributed by atoms with Crippen LogP contribution in [-0.4, -0.2) is 35.2 Å². The third-order valence-corrected chi connectivity index (χ3v) is 3.57. The number of aliphatic hydroxyl groups is 1. The molecule has 2 heteroatoms. The molecule has 0 radical (unpaired) electrons. The van der Waals surface area contributed by atoms with Gasteiger partial charge in [0.15, 0.2) is 0 Å². The molecule has 0 aromatic heterocycles. The summed E-state index contributed by atoms with van der Waals surface area (Å²) >= 11 is 0. The molecule has 13 heavy (non-hydrogen) atoms. The van der Waals surface area contributed by atoms with Crippen molar-refractivity contribution >= 4 is 0 Å². The number of hydrogen-bond donors (Lipinski definition) is 1. The van der Waals surface area contributed by atoms with Gasteiger partial charge >= 0.3 is 0 Å². The topological polar surface area (TPSA) is 23.5 Å². The van der Waals surface area contributed by atoms with Crippen LogP contribution in [0, 0.1) is 5.92 Å². The van der Waals surface area contributed by atoms with E-state index in [1.165, 1.54) is 6.42 Å². The van der Waals surface area contributed by atoms with Crippen molar-refractivity contribution in [2.45, 2.75) is 58.2 Å². The lowest BCUT2D eigenvalue weighted by Crippen LogP contribution is -2.44. The number of hydrogen-bond acceptors (Lipinski definition) is 2. The standard InChI is InChI=1S/C11H23NO/c1-8(2)9(3)12(4)10-6-5-7-11(10)13/h8-11,13H,5-7H2,1-4H3/t9?,10-,11-/m1/s1. The van der Waals surface area contributed by atoms with Gasteiger partial charge in [0, 0.05) is 12.1 Å². The van der Waals surface area contributed by atoms with Gasteiger partial charge in [-0.2, -0.15) is 0 Å². The first-order valence-electron chi connectivity index (χ1n) is 5.44. The third-order valence-electron chi connectivity index (χ3n) is 3.57. The van der Waals surface area contributed by atoms with Crippen molar-refractivity contribution in [2.75, 3.05) is 7.05 Å². The fourth-order valence-corrected chi connectivity index (χ4v) is 2.17. The van der Waals surface area contributed by atoms with Crippen LogP contribution in [0.15, 0.2) is 0 Å². The van der Waals surface area contributed by atoms with E-state index in [0.717, 1.165) is 12.8 Å². The molecule has 0 saturated heterocycles. The quantitative estimate of drug-likeness (QED) is 0.725. The van der Waals surface area contributed by atoms with E-state index < -0.39 is 0 Å². The molecule has 0 heterocycles. The summed E-state index contributed by atoms with van der Waals surface area (Å²) in [6, 6.07) is 0.968. The molecule has 0 amide bonds. The van der Waals surface area contributed by atoms with Gasteiger partial charge in [0.2, 0.25) is 0 Å². The normalized spacial score (nSPS) is 31.6. The molecule has 1 unspecified atom stereocenters. The van der Waals surface area contributed by atoms with Gasteiger partial charge < -0.3 is 5.11 Å². The Hall–Kier alpha value is -0.0800. The summed E-state index contributed by atoms with van der Waals surface area (Å²) in [7, 11) is 2.14. The van der Waals surface area contributed by atoms with Crippen molar-refractivity contribution < 1.29 is 5.11 Å². The highest BCUT2D eigenvalue weighted by atomic mass is 16.3. The fourth-order valence-electron chi connectivity index (χ4n) is 2.17. The maximum Gasteiger partial charge on any atom is 0.0695 e. The summed E-state index contributed by atoms with van der Waals surface area (Å²) in [4.78, 5) is 2.35. The highest BCUT2D eigenvalue weighted by molar-refractivity contribution is 4.86. The number of nitrogens with zero attached hydrogens (tertiary/aromatic N) is 1. The molecule has 1 saturated carbocycles.